The molecule has 0 aliphatic rings. The van der Waals surface area contributed by atoms with Crippen molar-refractivity contribution >= 4 is 50.5 Å². The molecular formula is C24H21ClN4O2S. The van der Waals surface area contributed by atoms with Crippen LogP contribution in [0.5, 0.6) is 0 Å². The first kappa shape index (κ1) is 22.0. The van der Waals surface area contributed by atoms with Gasteiger partial charge in [-0.05, 0) is 54.3 Å². The first-order chi connectivity index (χ1) is 15.5. The summed E-state index contributed by atoms with van der Waals surface area (Å²) >= 11 is 7.38. The minimum atomic E-state index is -0.366. The Labute approximate surface area is 194 Å². The molecule has 0 saturated carbocycles. The lowest BCUT2D eigenvalue weighted by Gasteiger charge is -2.24. The van der Waals surface area contributed by atoms with Gasteiger partial charge in [0.05, 0.1) is 15.7 Å². The van der Waals surface area contributed by atoms with Crippen LogP contribution in [0.2, 0.25) is 5.28 Å². The molecule has 8 heteroatoms. The number of anilines is 1. The van der Waals surface area contributed by atoms with Gasteiger partial charge in [0.15, 0.2) is 5.78 Å². The second-order valence-electron chi connectivity index (χ2n) is 7.46. The lowest BCUT2D eigenvalue weighted by molar-refractivity contribution is -0.122. The number of Topliss-reactive ketones (excluding diaryl/α,β-unsaturated/α-hetero) is 1. The number of fused-ring (bicyclic) bond motifs is 1. The van der Waals surface area contributed by atoms with Gasteiger partial charge in [-0.25, -0.2) is 15.0 Å². The second-order valence-corrected chi connectivity index (χ2v) is 8.69. The number of amides is 1. The second kappa shape index (κ2) is 9.97. The maximum atomic E-state index is 13.5. The number of rotatable bonds is 8. The van der Waals surface area contributed by atoms with Gasteiger partial charge in [0, 0.05) is 31.3 Å². The number of hydrogen-bond acceptors (Lipinski definition) is 6. The number of nitrogens with zero attached hydrogens (tertiary/aromatic N) is 4. The molecule has 0 saturated heterocycles. The number of carbonyl (C=O) groups excluding carboxylic acids is 2. The minimum absolute atomic E-state index is 0.0323. The monoisotopic (exact) mass is 464 g/mol. The molecule has 0 N–H and O–H groups in total. The van der Waals surface area contributed by atoms with E-state index < -0.39 is 0 Å². The topological polar surface area (TPSA) is 76.1 Å². The van der Waals surface area contributed by atoms with Gasteiger partial charge < -0.3 is 4.90 Å². The lowest BCUT2D eigenvalue weighted by Crippen LogP contribution is -2.34. The molecule has 1 atom stereocenters. The molecule has 0 bridgehead atoms. The Kier molecular flexibility index (Phi) is 6.87. The summed E-state index contributed by atoms with van der Waals surface area (Å²) in [4.78, 5) is 39.9. The minimum Gasteiger partial charge on any atom is -0.315 e. The molecular weight excluding hydrogens is 444 g/mol. The maximum absolute atomic E-state index is 13.5. The number of benzene rings is 2. The van der Waals surface area contributed by atoms with Crippen LogP contribution in [0.15, 0.2) is 66.3 Å². The molecule has 0 aliphatic heterocycles. The summed E-state index contributed by atoms with van der Waals surface area (Å²) in [6.07, 6.45) is 2.59. The van der Waals surface area contributed by atoms with E-state index in [1.165, 1.54) is 12.3 Å². The molecule has 4 rings (SSSR count). The third-order valence-electron chi connectivity index (χ3n) is 5.34. The number of halogens is 1. The molecule has 0 radical (unpaired) electrons. The van der Waals surface area contributed by atoms with E-state index in [1.54, 1.807) is 28.8 Å². The van der Waals surface area contributed by atoms with Crippen LogP contribution in [0, 0.1) is 5.92 Å². The van der Waals surface area contributed by atoms with Crippen molar-refractivity contribution in [1.82, 2.24) is 15.0 Å². The Morgan fingerprint density at radius 3 is 2.69 bits per heavy atom. The van der Waals surface area contributed by atoms with Crippen LogP contribution in [0.25, 0.3) is 10.2 Å². The number of aromatic nitrogens is 3. The van der Waals surface area contributed by atoms with E-state index in [4.69, 9.17) is 11.6 Å². The van der Waals surface area contributed by atoms with Gasteiger partial charge >= 0.3 is 0 Å². The van der Waals surface area contributed by atoms with E-state index >= 15 is 0 Å². The fraction of sp³-hybridized carbons (Fsp3) is 0.208. The summed E-state index contributed by atoms with van der Waals surface area (Å²) in [6, 6.07) is 17.2. The number of thiazole rings is 1. The highest BCUT2D eigenvalue weighted by atomic mass is 35.5. The Morgan fingerprint density at radius 2 is 1.91 bits per heavy atom. The zero-order valence-corrected chi connectivity index (χ0v) is 19.0. The van der Waals surface area contributed by atoms with Crippen molar-refractivity contribution in [3.05, 3.63) is 82.8 Å². The van der Waals surface area contributed by atoms with Crippen LogP contribution in [0.4, 0.5) is 5.69 Å². The number of carbonyl (C=O) groups is 2. The molecule has 2 aromatic heterocycles. The Bertz CT molecular complexity index is 1240. The largest absolute Gasteiger partial charge is 0.315 e. The van der Waals surface area contributed by atoms with Gasteiger partial charge in [-0.15, -0.1) is 11.3 Å². The first-order valence-corrected chi connectivity index (χ1v) is 11.4. The third kappa shape index (κ3) is 5.18. The van der Waals surface area contributed by atoms with Crippen molar-refractivity contribution < 1.29 is 9.59 Å². The van der Waals surface area contributed by atoms with Crippen molar-refractivity contribution in [1.29, 1.82) is 0 Å². The number of hydrogen-bond donors (Lipinski definition) is 0. The van der Waals surface area contributed by atoms with Crippen LogP contribution < -0.4 is 4.90 Å². The van der Waals surface area contributed by atoms with Gasteiger partial charge in [0.1, 0.15) is 5.69 Å². The predicted molar refractivity (Wildman–Crippen MR) is 127 cm³/mol. The fourth-order valence-corrected chi connectivity index (χ4v) is 4.40. The Morgan fingerprint density at radius 1 is 1.09 bits per heavy atom. The third-order valence-corrected chi connectivity index (χ3v) is 6.33. The molecule has 4 aromatic rings. The van der Waals surface area contributed by atoms with Crippen LogP contribution in [0.3, 0.4) is 0 Å². The standard InChI is InChI=1S/C24H21ClN4O2S/c1-29(18-8-10-22-20(14-18)27-15-32-22)23(31)17(13-16-5-3-2-4-6-16)7-9-21(30)19-11-12-26-24(25)28-19/h2-6,8,10-12,14-15,17H,7,9,13H2,1H3/t17-/m0/s1. The van der Waals surface area contributed by atoms with E-state index in [9.17, 15) is 9.59 Å². The summed E-state index contributed by atoms with van der Waals surface area (Å²) in [5.41, 5.74) is 4.74. The molecule has 1 amide bonds. The van der Waals surface area contributed by atoms with Gasteiger partial charge in [0.2, 0.25) is 11.2 Å². The van der Waals surface area contributed by atoms with Crippen LogP contribution in [0.1, 0.15) is 28.9 Å². The molecule has 32 heavy (non-hydrogen) atoms. The van der Waals surface area contributed by atoms with E-state index in [-0.39, 0.29) is 35.0 Å². The fourth-order valence-electron chi connectivity index (χ4n) is 3.59. The van der Waals surface area contributed by atoms with Crippen molar-refractivity contribution in [2.24, 2.45) is 5.92 Å². The SMILES string of the molecule is CN(C(=O)[C@@H](CCC(=O)c1ccnc(Cl)n1)Cc1ccccc1)c1ccc2scnc2c1. The molecule has 0 fully saturated rings. The van der Waals surface area contributed by atoms with Crippen LogP contribution in [-0.4, -0.2) is 33.7 Å². The van der Waals surface area contributed by atoms with E-state index in [2.05, 4.69) is 15.0 Å². The summed E-state index contributed by atoms with van der Waals surface area (Å²) in [5, 5.41) is 0.0323. The summed E-state index contributed by atoms with van der Waals surface area (Å²) in [6.45, 7) is 0. The first-order valence-electron chi connectivity index (χ1n) is 10.2. The summed E-state index contributed by atoms with van der Waals surface area (Å²) in [5.74, 6) is -0.571. The zero-order valence-electron chi connectivity index (χ0n) is 17.4. The van der Waals surface area contributed by atoms with Gasteiger partial charge in [-0.2, -0.15) is 0 Å². The summed E-state index contributed by atoms with van der Waals surface area (Å²) in [7, 11) is 1.76. The summed E-state index contributed by atoms with van der Waals surface area (Å²) < 4.78 is 1.07. The molecule has 2 aromatic carbocycles. The van der Waals surface area contributed by atoms with Crippen molar-refractivity contribution in [2.75, 3.05) is 11.9 Å². The maximum Gasteiger partial charge on any atom is 0.230 e. The quantitative estimate of drug-likeness (QED) is 0.264. The average molecular weight is 465 g/mol. The zero-order chi connectivity index (χ0) is 22.5. The highest BCUT2D eigenvalue weighted by molar-refractivity contribution is 7.16. The van der Waals surface area contributed by atoms with E-state index in [0.717, 1.165) is 21.5 Å². The van der Waals surface area contributed by atoms with Crippen molar-refractivity contribution in [2.45, 2.75) is 19.3 Å². The Hall–Kier alpha value is -3.16. The molecule has 2 heterocycles. The normalized spacial score (nSPS) is 11.9. The molecule has 0 spiro atoms. The van der Waals surface area contributed by atoms with Crippen LogP contribution >= 0.6 is 22.9 Å². The Balaban J connectivity index is 1.53. The highest BCUT2D eigenvalue weighted by Gasteiger charge is 2.25. The average Bonchev–Trinajstić information content (AvgIpc) is 3.29. The van der Waals surface area contributed by atoms with Gasteiger partial charge in [-0.3, -0.25) is 9.59 Å². The van der Waals surface area contributed by atoms with E-state index in [0.29, 0.717) is 12.8 Å². The van der Waals surface area contributed by atoms with Crippen molar-refractivity contribution in [3.63, 3.8) is 0 Å². The van der Waals surface area contributed by atoms with Crippen LogP contribution in [-0.2, 0) is 11.2 Å². The highest BCUT2D eigenvalue weighted by Crippen LogP contribution is 2.26. The number of ketones is 1. The van der Waals surface area contributed by atoms with E-state index in [1.807, 2.05) is 48.5 Å². The lowest BCUT2D eigenvalue weighted by atomic mass is 9.92. The smallest absolute Gasteiger partial charge is 0.230 e. The molecule has 162 valence electrons. The molecule has 0 unspecified atom stereocenters. The van der Waals surface area contributed by atoms with Gasteiger partial charge in [-0.1, -0.05) is 30.3 Å². The van der Waals surface area contributed by atoms with Gasteiger partial charge in [0.25, 0.3) is 0 Å². The van der Waals surface area contributed by atoms with Crippen molar-refractivity contribution in [3.8, 4) is 0 Å². The predicted octanol–water partition coefficient (Wildman–Crippen LogP) is 5.22. The molecule has 6 nitrogen and oxygen atoms in total. The molecule has 0 aliphatic carbocycles.